The maximum atomic E-state index is 12.8. The summed E-state index contributed by atoms with van der Waals surface area (Å²) in [5.41, 5.74) is 1.60. The first kappa shape index (κ1) is 16.5. The van der Waals surface area contributed by atoms with Gasteiger partial charge in [0.2, 0.25) is 0 Å². The summed E-state index contributed by atoms with van der Waals surface area (Å²) in [6.45, 7) is 6.81. The molecule has 0 spiro atoms. The van der Waals surface area contributed by atoms with E-state index in [1.54, 1.807) is 11.0 Å². The first-order valence-corrected chi connectivity index (χ1v) is 8.48. The monoisotopic (exact) mass is 324 g/mol. The highest BCUT2D eigenvalue weighted by atomic mass is 16.2. The quantitative estimate of drug-likeness (QED) is 0.831. The maximum Gasteiger partial charge on any atom is 0.274 e. The van der Waals surface area contributed by atoms with E-state index in [-0.39, 0.29) is 5.91 Å². The van der Waals surface area contributed by atoms with Gasteiger partial charge in [-0.3, -0.25) is 9.48 Å². The second-order valence-corrected chi connectivity index (χ2v) is 6.14. The van der Waals surface area contributed by atoms with Crippen LogP contribution in [-0.4, -0.2) is 40.2 Å². The van der Waals surface area contributed by atoms with E-state index in [1.807, 2.05) is 47.3 Å². The minimum Gasteiger partial charge on any atom is -0.329 e. The summed E-state index contributed by atoms with van der Waals surface area (Å²) in [7, 11) is 0. The zero-order chi connectivity index (χ0) is 16.8. The second kappa shape index (κ2) is 7.93. The number of carbonyl (C=O) groups excluding carboxylic acids is 1. The predicted molar refractivity (Wildman–Crippen MR) is 94.7 cm³/mol. The van der Waals surface area contributed by atoms with E-state index in [9.17, 15) is 4.79 Å². The number of hydrogen-bond donors (Lipinski definition) is 1. The molecule has 0 radical (unpaired) electrons. The van der Waals surface area contributed by atoms with Gasteiger partial charge in [0.15, 0.2) is 0 Å². The molecule has 5 heteroatoms. The summed E-state index contributed by atoms with van der Waals surface area (Å²) in [4.78, 5) is 14.6. The van der Waals surface area contributed by atoms with Crippen LogP contribution >= 0.6 is 0 Å². The Morgan fingerprint density at radius 1 is 1.38 bits per heavy atom. The largest absolute Gasteiger partial charge is 0.329 e. The third-order valence-electron chi connectivity index (χ3n) is 4.33. The Morgan fingerprint density at radius 2 is 2.21 bits per heavy atom. The minimum atomic E-state index is -0.0544. The molecule has 3 rings (SSSR count). The number of rotatable bonds is 6. The minimum absolute atomic E-state index is 0.0544. The third-order valence-corrected chi connectivity index (χ3v) is 4.33. The lowest BCUT2D eigenvalue weighted by atomic mass is 10.1. The second-order valence-electron chi connectivity index (χ2n) is 6.14. The molecule has 1 atom stereocenters. The van der Waals surface area contributed by atoms with Gasteiger partial charge in [0.25, 0.3) is 5.91 Å². The van der Waals surface area contributed by atoms with Crippen LogP contribution < -0.4 is 5.32 Å². The van der Waals surface area contributed by atoms with Gasteiger partial charge in [-0.25, -0.2) is 0 Å². The Kier molecular flexibility index (Phi) is 5.43. The average Bonchev–Trinajstić information content (AvgIpc) is 3.12. The topological polar surface area (TPSA) is 50.2 Å². The Labute approximate surface area is 143 Å². The van der Waals surface area contributed by atoms with E-state index in [0.29, 0.717) is 24.8 Å². The molecule has 1 aliphatic rings. The molecule has 1 N–H and O–H groups in total. The van der Waals surface area contributed by atoms with Crippen molar-refractivity contribution in [3.8, 4) is 0 Å². The normalized spacial score (nSPS) is 17.4. The molecule has 1 aromatic heterocycles. The van der Waals surface area contributed by atoms with E-state index in [1.165, 1.54) is 0 Å². The summed E-state index contributed by atoms with van der Waals surface area (Å²) in [5.74, 6) is -0.0544. The van der Waals surface area contributed by atoms with Crippen molar-refractivity contribution < 1.29 is 4.79 Å². The number of nitrogens with one attached hydrogen (secondary N) is 1. The van der Waals surface area contributed by atoms with E-state index < -0.39 is 0 Å². The van der Waals surface area contributed by atoms with Gasteiger partial charge in [-0.05, 0) is 31.0 Å². The van der Waals surface area contributed by atoms with E-state index in [4.69, 9.17) is 0 Å². The highest BCUT2D eigenvalue weighted by Crippen LogP contribution is 2.17. The van der Waals surface area contributed by atoms with Crippen LogP contribution in [0.3, 0.4) is 0 Å². The average molecular weight is 324 g/mol. The molecule has 0 saturated carbocycles. The van der Waals surface area contributed by atoms with E-state index >= 15 is 0 Å². The van der Waals surface area contributed by atoms with Crippen molar-refractivity contribution in [2.45, 2.75) is 25.4 Å². The zero-order valence-electron chi connectivity index (χ0n) is 13.9. The molecule has 1 saturated heterocycles. The van der Waals surface area contributed by atoms with Crippen LogP contribution in [0, 0.1) is 0 Å². The maximum absolute atomic E-state index is 12.8. The molecule has 2 aromatic rings. The standard InChI is InChI=1S/C19H24N4O/c1-2-12-22(15-16-7-4-3-5-8-16)19(24)18-10-13-23(21-18)17-9-6-11-20-14-17/h2-5,7-8,10,13,17,20H,1,6,9,11-12,14-15H2. The molecule has 1 aliphatic heterocycles. The van der Waals surface area contributed by atoms with Gasteiger partial charge in [0.05, 0.1) is 6.04 Å². The van der Waals surface area contributed by atoms with Crippen LogP contribution in [-0.2, 0) is 6.54 Å². The van der Waals surface area contributed by atoms with Crippen molar-refractivity contribution in [3.05, 3.63) is 66.5 Å². The molecule has 0 bridgehead atoms. The van der Waals surface area contributed by atoms with Crippen molar-refractivity contribution in [3.63, 3.8) is 0 Å². The molecule has 1 aromatic carbocycles. The van der Waals surface area contributed by atoms with Gasteiger partial charge in [0, 0.05) is 25.8 Å². The van der Waals surface area contributed by atoms with Crippen molar-refractivity contribution >= 4 is 5.91 Å². The van der Waals surface area contributed by atoms with Crippen LogP contribution in [0.5, 0.6) is 0 Å². The summed E-state index contributed by atoms with van der Waals surface area (Å²) in [5, 5.41) is 7.91. The summed E-state index contributed by atoms with van der Waals surface area (Å²) >= 11 is 0. The van der Waals surface area contributed by atoms with E-state index in [2.05, 4.69) is 17.0 Å². The molecule has 24 heavy (non-hydrogen) atoms. The van der Waals surface area contributed by atoms with Crippen LogP contribution in [0.25, 0.3) is 0 Å². The van der Waals surface area contributed by atoms with Gasteiger partial charge in [0.1, 0.15) is 5.69 Å². The van der Waals surface area contributed by atoms with Crippen LogP contribution in [0.4, 0.5) is 0 Å². The Balaban J connectivity index is 1.72. The van der Waals surface area contributed by atoms with Gasteiger partial charge in [-0.1, -0.05) is 36.4 Å². The Bertz CT molecular complexity index is 674. The number of carbonyl (C=O) groups is 1. The number of benzene rings is 1. The number of aromatic nitrogens is 2. The number of amides is 1. The smallest absolute Gasteiger partial charge is 0.274 e. The molecule has 0 aliphatic carbocycles. The van der Waals surface area contributed by atoms with Gasteiger partial charge < -0.3 is 10.2 Å². The fourth-order valence-corrected chi connectivity index (χ4v) is 3.06. The number of nitrogens with zero attached hydrogens (tertiary/aromatic N) is 3. The van der Waals surface area contributed by atoms with Crippen LogP contribution in [0.15, 0.2) is 55.3 Å². The lowest BCUT2D eigenvalue weighted by Crippen LogP contribution is -2.33. The SMILES string of the molecule is C=CCN(Cc1ccccc1)C(=O)c1ccn(C2CCCNC2)n1. The lowest BCUT2D eigenvalue weighted by Gasteiger charge is -2.23. The summed E-state index contributed by atoms with van der Waals surface area (Å²) < 4.78 is 1.92. The summed E-state index contributed by atoms with van der Waals surface area (Å²) in [6.07, 6.45) is 5.91. The van der Waals surface area contributed by atoms with Crippen molar-refractivity contribution in [2.24, 2.45) is 0 Å². The Morgan fingerprint density at radius 3 is 2.92 bits per heavy atom. The molecule has 1 fully saturated rings. The highest BCUT2D eigenvalue weighted by Gasteiger charge is 2.21. The molecular weight excluding hydrogens is 300 g/mol. The molecule has 1 amide bonds. The fourth-order valence-electron chi connectivity index (χ4n) is 3.06. The molecule has 126 valence electrons. The predicted octanol–water partition coefficient (Wildman–Crippen LogP) is 2.64. The van der Waals surface area contributed by atoms with Crippen molar-refractivity contribution in [1.82, 2.24) is 20.0 Å². The zero-order valence-corrected chi connectivity index (χ0v) is 13.9. The molecule has 5 nitrogen and oxygen atoms in total. The number of hydrogen-bond acceptors (Lipinski definition) is 3. The van der Waals surface area contributed by atoms with Gasteiger partial charge >= 0.3 is 0 Å². The molecule has 2 heterocycles. The van der Waals surface area contributed by atoms with Gasteiger partial charge in [-0.2, -0.15) is 5.10 Å². The highest BCUT2D eigenvalue weighted by molar-refractivity contribution is 5.92. The van der Waals surface area contributed by atoms with E-state index in [0.717, 1.165) is 31.5 Å². The fraction of sp³-hybridized carbons (Fsp3) is 0.368. The van der Waals surface area contributed by atoms with Gasteiger partial charge in [-0.15, -0.1) is 6.58 Å². The number of piperidine rings is 1. The Hall–Kier alpha value is -2.40. The summed E-state index contributed by atoms with van der Waals surface area (Å²) in [6, 6.07) is 12.1. The van der Waals surface area contributed by atoms with Crippen LogP contribution in [0.2, 0.25) is 0 Å². The molecular formula is C19H24N4O. The first-order valence-electron chi connectivity index (χ1n) is 8.48. The third kappa shape index (κ3) is 3.92. The van der Waals surface area contributed by atoms with Crippen molar-refractivity contribution in [1.29, 1.82) is 0 Å². The molecule has 1 unspecified atom stereocenters. The van der Waals surface area contributed by atoms with Crippen LogP contribution in [0.1, 0.15) is 34.9 Å². The first-order chi connectivity index (χ1) is 11.8. The lowest BCUT2D eigenvalue weighted by molar-refractivity contribution is 0.0755. The van der Waals surface area contributed by atoms with Crippen molar-refractivity contribution in [2.75, 3.05) is 19.6 Å².